The van der Waals surface area contributed by atoms with Crippen LogP contribution in [0.2, 0.25) is 0 Å². The summed E-state index contributed by atoms with van der Waals surface area (Å²) in [6.45, 7) is 4.94. The lowest BCUT2D eigenvalue weighted by molar-refractivity contribution is 0.196. The average Bonchev–Trinajstić information content (AvgIpc) is 2.59. The maximum atomic E-state index is 5.73. The Hall–Kier alpha value is -1.06. The summed E-state index contributed by atoms with van der Waals surface area (Å²) in [6.07, 6.45) is 1.55. The van der Waals surface area contributed by atoms with Gasteiger partial charge in [0.2, 0.25) is 0 Å². The summed E-state index contributed by atoms with van der Waals surface area (Å²) < 4.78 is 5.22. The van der Waals surface area contributed by atoms with E-state index < -0.39 is 0 Å². The molecule has 0 aliphatic carbocycles. The van der Waals surface area contributed by atoms with E-state index in [4.69, 9.17) is 10.5 Å². The first kappa shape index (κ1) is 10.5. The zero-order valence-electron chi connectivity index (χ0n) is 9.21. The van der Waals surface area contributed by atoms with E-state index in [2.05, 4.69) is 37.4 Å². The second-order valence-electron chi connectivity index (χ2n) is 4.04. The van der Waals surface area contributed by atoms with Gasteiger partial charge in [-0.25, -0.2) is 0 Å². The van der Waals surface area contributed by atoms with Crippen LogP contribution < -0.4 is 11.1 Å². The lowest BCUT2D eigenvalue weighted by Crippen LogP contribution is -2.28. The van der Waals surface area contributed by atoms with Crippen LogP contribution in [0.3, 0.4) is 0 Å². The van der Waals surface area contributed by atoms with Crippen molar-refractivity contribution in [2.45, 2.75) is 26.3 Å². The molecule has 15 heavy (non-hydrogen) atoms. The lowest BCUT2D eigenvalue weighted by atomic mass is 10.1. The Balaban J connectivity index is 2.07. The van der Waals surface area contributed by atoms with Crippen LogP contribution in [0.25, 0.3) is 0 Å². The van der Waals surface area contributed by atoms with Gasteiger partial charge in [0.1, 0.15) is 0 Å². The number of rotatable bonds is 2. The summed E-state index contributed by atoms with van der Waals surface area (Å²) >= 11 is 0. The maximum Gasteiger partial charge on any atom is 0.181 e. The van der Waals surface area contributed by atoms with Crippen LogP contribution in [-0.4, -0.2) is 12.6 Å². The van der Waals surface area contributed by atoms with E-state index in [1.165, 1.54) is 11.1 Å². The number of nitrogens with two attached hydrogens (primary N) is 1. The highest BCUT2D eigenvalue weighted by atomic mass is 16.5. The van der Waals surface area contributed by atoms with Crippen molar-refractivity contribution in [3.05, 3.63) is 35.6 Å². The van der Waals surface area contributed by atoms with E-state index >= 15 is 0 Å². The van der Waals surface area contributed by atoms with Gasteiger partial charge in [-0.2, -0.15) is 0 Å². The molecule has 1 aliphatic heterocycles. The van der Waals surface area contributed by atoms with Crippen molar-refractivity contribution in [1.82, 2.24) is 0 Å². The molecule has 1 aliphatic rings. The summed E-state index contributed by atoms with van der Waals surface area (Å²) in [7, 11) is 0. The molecular weight excluding hydrogens is 188 g/mol. The number of hydrogen-bond acceptors (Lipinski definition) is 3. The molecule has 1 aromatic carbocycles. The largest absolute Gasteiger partial charge is 0.378 e. The van der Waals surface area contributed by atoms with Crippen LogP contribution in [0.4, 0.5) is 5.69 Å². The standard InChI is InChI=1S/C12H17N2O/c1-8-3-4-10(7-9(8)2)14-11-5-6-15-12(11)13/h3-4,7,11,14H,5-6,13H2,1-2H3. The first-order chi connectivity index (χ1) is 7.16. The predicted molar refractivity (Wildman–Crippen MR) is 61.3 cm³/mol. The second-order valence-corrected chi connectivity index (χ2v) is 4.04. The Bertz CT molecular complexity index is 351. The van der Waals surface area contributed by atoms with Crippen LogP contribution in [0.5, 0.6) is 0 Å². The van der Waals surface area contributed by atoms with E-state index in [0.717, 1.165) is 12.1 Å². The first-order valence-electron chi connectivity index (χ1n) is 5.26. The van der Waals surface area contributed by atoms with Gasteiger partial charge in [-0.05, 0) is 43.5 Å². The molecule has 1 aromatic rings. The third-order valence-corrected chi connectivity index (χ3v) is 2.87. The van der Waals surface area contributed by atoms with E-state index in [9.17, 15) is 0 Å². The second kappa shape index (κ2) is 4.21. The normalized spacial score (nSPS) is 21.9. The molecule has 1 atom stereocenters. The summed E-state index contributed by atoms with van der Waals surface area (Å²) in [5.74, 6) is 0. The Morgan fingerprint density at radius 1 is 1.33 bits per heavy atom. The molecule has 2 rings (SSSR count). The van der Waals surface area contributed by atoms with Crippen LogP contribution in [0.1, 0.15) is 17.5 Å². The molecule has 3 N–H and O–H groups in total. The lowest BCUT2D eigenvalue weighted by Gasteiger charge is -2.16. The SMILES string of the molecule is Cc1ccc(NC2CCO[C]2N)cc1C. The molecule has 3 nitrogen and oxygen atoms in total. The molecule has 0 spiro atoms. The topological polar surface area (TPSA) is 47.3 Å². The van der Waals surface area contributed by atoms with E-state index in [0.29, 0.717) is 12.8 Å². The number of hydrogen-bond donors (Lipinski definition) is 2. The van der Waals surface area contributed by atoms with Gasteiger partial charge in [-0.3, -0.25) is 5.73 Å². The van der Waals surface area contributed by atoms with Crippen molar-refractivity contribution in [2.24, 2.45) is 5.73 Å². The van der Waals surface area contributed by atoms with Crippen LogP contribution in [-0.2, 0) is 4.74 Å². The van der Waals surface area contributed by atoms with Crippen molar-refractivity contribution < 1.29 is 4.74 Å². The predicted octanol–water partition coefficient (Wildman–Crippen LogP) is 1.95. The molecule has 1 unspecified atom stereocenters. The van der Waals surface area contributed by atoms with Gasteiger partial charge in [0.05, 0.1) is 12.6 Å². The van der Waals surface area contributed by atoms with Crippen molar-refractivity contribution in [1.29, 1.82) is 0 Å². The molecular formula is C12H17N2O. The van der Waals surface area contributed by atoms with Crippen LogP contribution >= 0.6 is 0 Å². The number of aryl methyl sites for hydroxylation is 2. The van der Waals surface area contributed by atoms with Gasteiger partial charge in [-0.1, -0.05) is 6.07 Å². The minimum absolute atomic E-state index is 0.159. The number of nitrogens with one attached hydrogen (secondary N) is 1. The van der Waals surface area contributed by atoms with E-state index in [1.54, 1.807) is 0 Å². The summed E-state index contributed by atoms with van der Waals surface area (Å²) in [5.41, 5.74) is 9.43. The van der Waals surface area contributed by atoms with Gasteiger partial charge < -0.3 is 10.1 Å². The third-order valence-electron chi connectivity index (χ3n) is 2.87. The van der Waals surface area contributed by atoms with E-state index in [-0.39, 0.29) is 6.04 Å². The maximum absolute atomic E-state index is 5.73. The summed E-state index contributed by atoms with van der Waals surface area (Å²) in [4.78, 5) is 0. The van der Waals surface area contributed by atoms with Gasteiger partial charge >= 0.3 is 0 Å². The molecule has 1 heterocycles. The highest BCUT2D eigenvalue weighted by Gasteiger charge is 2.25. The van der Waals surface area contributed by atoms with Gasteiger partial charge in [-0.15, -0.1) is 0 Å². The Labute approximate surface area is 90.6 Å². The minimum atomic E-state index is 0.159. The van der Waals surface area contributed by atoms with Crippen molar-refractivity contribution in [3.8, 4) is 0 Å². The van der Waals surface area contributed by atoms with Crippen molar-refractivity contribution in [2.75, 3.05) is 11.9 Å². The zero-order chi connectivity index (χ0) is 10.8. The van der Waals surface area contributed by atoms with Gasteiger partial charge in [0.15, 0.2) is 6.23 Å². The third kappa shape index (κ3) is 2.30. The van der Waals surface area contributed by atoms with E-state index in [1.807, 2.05) is 0 Å². The van der Waals surface area contributed by atoms with Crippen LogP contribution in [0, 0.1) is 20.1 Å². The minimum Gasteiger partial charge on any atom is -0.378 e. The Morgan fingerprint density at radius 3 is 2.73 bits per heavy atom. The molecule has 0 saturated carbocycles. The highest BCUT2D eigenvalue weighted by Crippen LogP contribution is 2.22. The smallest absolute Gasteiger partial charge is 0.181 e. The Morgan fingerprint density at radius 2 is 2.13 bits per heavy atom. The molecule has 0 amide bonds. The molecule has 81 valence electrons. The fourth-order valence-electron chi connectivity index (χ4n) is 1.71. The van der Waals surface area contributed by atoms with Crippen LogP contribution in [0.15, 0.2) is 18.2 Å². The highest BCUT2D eigenvalue weighted by molar-refractivity contribution is 5.49. The average molecular weight is 205 g/mol. The summed E-state index contributed by atoms with van der Waals surface area (Å²) in [6, 6.07) is 6.49. The summed E-state index contributed by atoms with van der Waals surface area (Å²) in [5, 5.41) is 3.37. The number of benzene rings is 1. The first-order valence-corrected chi connectivity index (χ1v) is 5.26. The Kier molecular flexibility index (Phi) is 2.93. The molecule has 1 radical (unpaired) electrons. The van der Waals surface area contributed by atoms with Crippen molar-refractivity contribution in [3.63, 3.8) is 0 Å². The molecule has 1 saturated heterocycles. The zero-order valence-corrected chi connectivity index (χ0v) is 9.21. The number of anilines is 1. The van der Waals surface area contributed by atoms with Gasteiger partial charge in [0.25, 0.3) is 0 Å². The molecule has 3 heteroatoms. The molecule has 0 bridgehead atoms. The number of ether oxygens (including phenoxy) is 1. The monoisotopic (exact) mass is 205 g/mol. The quantitative estimate of drug-likeness (QED) is 0.775. The fraction of sp³-hybridized carbons (Fsp3) is 0.417. The van der Waals surface area contributed by atoms with Gasteiger partial charge in [0, 0.05) is 5.69 Å². The molecule has 0 aromatic heterocycles. The molecule has 1 fully saturated rings. The van der Waals surface area contributed by atoms with Crippen molar-refractivity contribution >= 4 is 5.69 Å². The fourth-order valence-corrected chi connectivity index (χ4v) is 1.71.